The number of rotatable bonds is 4. The molecule has 0 bridgehead atoms. The van der Waals surface area contributed by atoms with Gasteiger partial charge in [0.2, 0.25) is 0 Å². The van der Waals surface area contributed by atoms with Crippen molar-refractivity contribution in [2.45, 2.75) is 24.5 Å². The van der Waals surface area contributed by atoms with Gasteiger partial charge >= 0.3 is 7.82 Å². The van der Waals surface area contributed by atoms with Crippen LogP contribution in [0.5, 0.6) is 0 Å². The quantitative estimate of drug-likeness (QED) is 0.549. The molecule has 9 nitrogen and oxygen atoms in total. The summed E-state index contributed by atoms with van der Waals surface area (Å²) in [7, 11) is -4.76. The van der Waals surface area contributed by atoms with Gasteiger partial charge in [-0.05, 0) is 29.7 Å². The van der Waals surface area contributed by atoms with E-state index >= 15 is 0 Å². The van der Waals surface area contributed by atoms with E-state index < -0.39 is 44.5 Å². The molecule has 1 aromatic carbocycles. The predicted molar refractivity (Wildman–Crippen MR) is 87.1 cm³/mol. The molecule has 4 N–H and O–H groups in total. The number of benzene rings is 1. The lowest BCUT2D eigenvalue weighted by molar-refractivity contribution is -0.0534. The zero-order valence-electron chi connectivity index (χ0n) is 12.6. The minimum Gasteiger partial charge on any atom is -0.387 e. The van der Waals surface area contributed by atoms with Crippen LogP contribution in [-0.4, -0.2) is 49.5 Å². The molecule has 11 heteroatoms. The number of fused-ring (bicyclic) bond motifs is 1. The van der Waals surface area contributed by atoms with Crippen LogP contribution >= 0.6 is 19.4 Å². The Morgan fingerprint density at radius 3 is 2.64 bits per heavy atom. The Balaban J connectivity index is 1.90. The van der Waals surface area contributed by atoms with Crippen LogP contribution in [0.4, 0.5) is 0 Å². The van der Waals surface area contributed by atoms with E-state index in [0.717, 1.165) is 4.57 Å². The van der Waals surface area contributed by atoms with Crippen molar-refractivity contribution in [3.63, 3.8) is 0 Å². The first-order chi connectivity index (χ1) is 11.7. The van der Waals surface area contributed by atoms with Crippen LogP contribution in [0, 0.1) is 0 Å². The van der Waals surface area contributed by atoms with Crippen molar-refractivity contribution in [1.29, 1.82) is 0 Å². The van der Waals surface area contributed by atoms with E-state index in [-0.39, 0.29) is 0 Å². The van der Waals surface area contributed by atoms with E-state index in [9.17, 15) is 19.6 Å². The van der Waals surface area contributed by atoms with Crippen molar-refractivity contribution in [3.8, 4) is 0 Å². The Morgan fingerprint density at radius 1 is 1.24 bits per heavy atom. The third-order valence-corrected chi connectivity index (χ3v) is 4.63. The SMILES string of the molecule is O=c1c2ccc(Cl)cc2ccn1[C@@H]1O[C@H](COP(=O)(O)O)[C@H](O)[C@H]1O. The van der Waals surface area contributed by atoms with Gasteiger partial charge in [-0.25, -0.2) is 4.57 Å². The van der Waals surface area contributed by atoms with Crippen LogP contribution in [0.2, 0.25) is 5.02 Å². The summed E-state index contributed by atoms with van der Waals surface area (Å²) < 4.78 is 21.5. The van der Waals surface area contributed by atoms with Crippen LogP contribution in [0.25, 0.3) is 10.8 Å². The largest absolute Gasteiger partial charge is 0.469 e. The Hall–Kier alpha value is -1.29. The van der Waals surface area contributed by atoms with E-state index in [1.165, 1.54) is 12.3 Å². The van der Waals surface area contributed by atoms with Gasteiger partial charge in [-0.3, -0.25) is 13.9 Å². The minimum atomic E-state index is -4.76. The number of pyridine rings is 1. The molecule has 2 heterocycles. The summed E-state index contributed by atoms with van der Waals surface area (Å²) in [5.41, 5.74) is -0.470. The predicted octanol–water partition coefficient (Wildman–Crippen LogP) is 0.383. The summed E-state index contributed by atoms with van der Waals surface area (Å²) in [6.07, 6.45) is -4.01. The fraction of sp³-hybridized carbons (Fsp3) is 0.357. The molecular weight excluding hydrogens is 377 g/mol. The number of aliphatic hydroxyl groups excluding tert-OH is 2. The second-order valence-corrected chi connectivity index (χ2v) is 7.27. The minimum absolute atomic E-state index is 0.340. The van der Waals surface area contributed by atoms with Crippen LogP contribution < -0.4 is 5.56 Å². The highest BCUT2D eigenvalue weighted by Gasteiger charge is 2.44. The van der Waals surface area contributed by atoms with Crippen LogP contribution in [0.15, 0.2) is 35.3 Å². The zero-order valence-corrected chi connectivity index (χ0v) is 14.2. The zero-order chi connectivity index (χ0) is 18.4. The highest BCUT2D eigenvalue weighted by atomic mass is 35.5. The van der Waals surface area contributed by atoms with Crippen molar-refractivity contribution >= 4 is 30.2 Å². The lowest BCUT2D eigenvalue weighted by Crippen LogP contribution is -2.35. The Labute approximate surface area is 146 Å². The molecule has 25 heavy (non-hydrogen) atoms. The maximum Gasteiger partial charge on any atom is 0.469 e. The van der Waals surface area contributed by atoms with Gasteiger partial charge in [0.1, 0.15) is 18.3 Å². The normalized spacial score (nSPS) is 27.1. The molecule has 2 aromatic rings. The molecule has 0 spiro atoms. The fourth-order valence-electron chi connectivity index (χ4n) is 2.70. The number of nitrogens with zero attached hydrogens (tertiary/aromatic N) is 1. The van der Waals surface area contributed by atoms with Gasteiger partial charge in [0, 0.05) is 16.6 Å². The third kappa shape index (κ3) is 3.79. The maximum absolute atomic E-state index is 12.6. The number of halogens is 1. The number of aliphatic hydroxyl groups is 2. The molecule has 136 valence electrons. The molecule has 1 aliphatic heterocycles. The average Bonchev–Trinajstić information content (AvgIpc) is 2.81. The standard InChI is InChI=1S/C14H15ClNO8P/c15-8-1-2-9-7(5-8)3-4-16(13(9)19)14-12(18)11(17)10(24-14)6-23-25(20,21)22/h1-5,10-12,14,17-18H,6H2,(H2,20,21,22)/t10-,11+,12-,14-/m1/s1. The highest BCUT2D eigenvalue weighted by molar-refractivity contribution is 7.46. The second kappa shape index (κ2) is 6.79. The summed E-state index contributed by atoms with van der Waals surface area (Å²) in [6, 6.07) is 6.29. The van der Waals surface area contributed by atoms with Crippen LogP contribution in [-0.2, 0) is 13.8 Å². The van der Waals surface area contributed by atoms with Crippen molar-refractivity contribution in [1.82, 2.24) is 4.57 Å². The van der Waals surface area contributed by atoms with E-state index in [2.05, 4.69) is 4.52 Å². The third-order valence-electron chi connectivity index (χ3n) is 3.91. The molecular formula is C14H15ClNO8P. The molecule has 4 atom stereocenters. The number of phosphoric acid groups is 1. The molecule has 3 rings (SSSR count). The smallest absolute Gasteiger partial charge is 0.387 e. The van der Waals surface area contributed by atoms with Crippen molar-refractivity contribution < 1.29 is 33.8 Å². The van der Waals surface area contributed by atoms with Crippen molar-refractivity contribution in [3.05, 3.63) is 45.8 Å². The molecule has 1 aliphatic rings. The summed E-state index contributed by atoms with van der Waals surface area (Å²) in [5.74, 6) is 0. The van der Waals surface area contributed by atoms with E-state index in [0.29, 0.717) is 15.8 Å². The number of hydrogen-bond acceptors (Lipinski definition) is 6. The first kappa shape index (κ1) is 18.5. The lowest BCUT2D eigenvalue weighted by Gasteiger charge is -2.18. The Morgan fingerprint density at radius 2 is 1.96 bits per heavy atom. The van der Waals surface area contributed by atoms with E-state index in [1.54, 1.807) is 18.2 Å². The molecule has 1 saturated heterocycles. The summed E-state index contributed by atoms with van der Waals surface area (Å²) >= 11 is 5.89. The second-order valence-electron chi connectivity index (χ2n) is 5.59. The number of phosphoric ester groups is 1. The van der Waals surface area contributed by atoms with Gasteiger partial charge in [0.15, 0.2) is 6.23 Å². The molecule has 0 radical (unpaired) electrons. The Bertz CT molecular complexity index is 896. The van der Waals surface area contributed by atoms with Crippen LogP contribution in [0.3, 0.4) is 0 Å². The van der Waals surface area contributed by atoms with Gasteiger partial charge in [-0.15, -0.1) is 0 Å². The van der Waals surface area contributed by atoms with Gasteiger partial charge < -0.3 is 24.7 Å². The monoisotopic (exact) mass is 391 g/mol. The van der Waals surface area contributed by atoms with Gasteiger partial charge in [-0.2, -0.15) is 0 Å². The molecule has 1 aromatic heterocycles. The first-order valence-corrected chi connectivity index (χ1v) is 9.10. The van der Waals surface area contributed by atoms with Crippen molar-refractivity contribution in [2.24, 2.45) is 0 Å². The molecule has 0 saturated carbocycles. The molecule has 1 fully saturated rings. The van der Waals surface area contributed by atoms with Crippen molar-refractivity contribution in [2.75, 3.05) is 6.61 Å². The number of hydrogen-bond donors (Lipinski definition) is 4. The van der Waals surface area contributed by atoms with E-state index in [4.69, 9.17) is 26.1 Å². The Kier molecular flexibility index (Phi) is 5.02. The lowest BCUT2D eigenvalue weighted by atomic mass is 10.1. The van der Waals surface area contributed by atoms with Gasteiger partial charge in [-0.1, -0.05) is 11.6 Å². The van der Waals surface area contributed by atoms with Crippen LogP contribution in [0.1, 0.15) is 6.23 Å². The van der Waals surface area contributed by atoms with Gasteiger partial charge in [0.05, 0.1) is 6.61 Å². The molecule has 0 unspecified atom stereocenters. The summed E-state index contributed by atoms with van der Waals surface area (Å²) in [6.45, 7) is -0.642. The summed E-state index contributed by atoms with van der Waals surface area (Å²) in [4.78, 5) is 30.0. The van der Waals surface area contributed by atoms with E-state index in [1.807, 2.05) is 0 Å². The number of aromatic nitrogens is 1. The highest BCUT2D eigenvalue weighted by Crippen LogP contribution is 2.38. The fourth-order valence-corrected chi connectivity index (χ4v) is 3.22. The number of ether oxygens (including phenoxy) is 1. The topological polar surface area (TPSA) is 138 Å². The molecule has 0 amide bonds. The average molecular weight is 392 g/mol. The first-order valence-electron chi connectivity index (χ1n) is 7.19. The maximum atomic E-state index is 12.6. The summed E-state index contributed by atoms with van der Waals surface area (Å²) in [5, 5.41) is 21.5. The van der Waals surface area contributed by atoms with Gasteiger partial charge in [0.25, 0.3) is 5.56 Å². The molecule has 0 aliphatic carbocycles.